The highest BCUT2D eigenvalue weighted by Crippen LogP contribution is 2.10. The van der Waals surface area contributed by atoms with Crippen LogP contribution >= 0.6 is 12.2 Å². The maximum Gasteiger partial charge on any atom is 0.305 e. The monoisotopic (exact) mass is 305 g/mol. The highest BCUT2D eigenvalue weighted by atomic mass is 32.1. The zero-order valence-corrected chi connectivity index (χ0v) is 12.2. The molecule has 7 heteroatoms. The molecule has 3 N–H and O–H groups in total. The second-order valence-electron chi connectivity index (χ2n) is 4.09. The van der Waals surface area contributed by atoms with E-state index in [0.717, 1.165) is 11.3 Å². The molecule has 1 aromatic carbocycles. The van der Waals surface area contributed by atoms with Crippen LogP contribution in [0.5, 0.6) is 5.75 Å². The van der Waals surface area contributed by atoms with E-state index in [0.29, 0.717) is 11.7 Å². The van der Waals surface area contributed by atoms with Gasteiger partial charge in [-0.05, 0) is 42.0 Å². The molecule has 0 radical (unpaired) electrons. The van der Waals surface area contributed by atoms with Crippen molar-refractivity contribution in [2.24, 2.45) is 0 Å². The Labute approximate surface area is 127 Å². The van der Waals surface area contributed by atoms with Gasteiger partial charge >= 0.3 is 5.91 Å². The van der Waals surface area contributed by atoms with Crippen LogP contribution in [-0.2, 0) is 6.54 Å². The first-order valence-corrected chi connectivity index (χ1v) is 6.60. The lowest BCUT2D eigenvalue weighted by atomic mass is 10.2. The highest BCUT2D eigenvalue weighted by Gasteiger charge is 2.07. The molecule has 0 atom stereocenters. The molecular formula is C14H15N3O3S. The number of nitrogens with one attached hydrogen (secondary N) is 3. The van der Waals surface area contributed by atoms with Crippen molar-refractivity contribution >= 4 is 23.2 Å². The Hall–Kier alpha value is -2.54. The van der Waals surface area contributed by atoms with E-state index in [4.69, 9.17) is 21.4 Å². The summed E-state index contributed by atoms with van der Waals surface area (Å²) in [6.45, 7) is 0.534. The molecule has 1 amide bonds. The largest absolute Gasteiger partial charge is 0.497 e. The molecule has 21 heavy (non-hydrogen) atoms. The molecular weight excluding hydrogens is 290 g/mol. The number of amides is 1. The van der Waals surface area contributed by atoms with Crippen molar-refractivity contribution < 1.29 is 13.9 Å². The molecule has 6 nitrogen and oxygen atoms in total. The van der Waals surface area contributed by atoms with Crippen LogP contribution in [0.25, 0.3) is 0 Å². The van der Waals surface area contributed by atoms with Crippen molar-refractivity contribution in [3.63, 3.8) is 0 Å². The predicted molar refractivity (Wildman–Crippen MR) is 81.7 cm³/mol. The summed E-state index contributed by atoms with van der Waals surface area (Å²) in [5, 5.41) is 3.28. The van der Waals surface area contributed by atoms with Crippen molar-refractivity contribution in [2.75, 3.05) is 7.11 Å². The Morgan fingerprint density at radius 3 is 2.62 bits per heavy atom. The number of methoxy groups -OCH3 is 1. The van der Waals surface area contributed by atoms with Crippen LogP contribution in [0.1, 0.15) is 16.1 Å². The van der Waals surface area contributed by atoms with Crippen molar-refractivity contribution in [3.8, 4) is 5.75 Å². The van der Waals surface area contributed by atoms with E-state index in [1.165, 1.54) is 6.26 Å². The number of hydrogen-bond acceptors (Lipinski definition) is 4. The second-order valence-corrected chi connectivity index (χ2v) is 4.50. The van der Waals surface area contributed by atoms with E-state index in [2.05, 4.69) is 16.2 Å². The summed E-state index contributed by atoms with van der Waals surface area (Å²) in [5.74, 6) is 0.610. The van der Waals surface area contributed by atoms with Crippen molar-refractivity contribution in [1.82, 2.24) is 16.2 Å². The Morgan fingerprint density at radius 2 is 2.00 bits per heavy atom. The van der Waals surface area contributed by atoms with Gasteiger partial charge in [-0.15, -0.1) is 0 Å². The summed E-state index contributed by atoms with van der Waals surface area (Å²) in [7, 11) is 1.62. The lowest BCUT2D eigenvalue weighted by Crippen LogP contribution is -2.46. The highest BCUT2D eigenvalue weighted by molar-refractivity contribution is 7.80. The summed E-state index contributed by atoms with van der Waals surface area (Å²) in [4.78, 5) is 11.6. The maximum absolute atomic E-state index is 11.6. The first kappa shape index (κ1) is 14.9. The summed E-state index contributed by atoms with van der Waals surface area (Å²) in [5.41, 5.74) is 6.07. The average Bonchev–Trinajstić information content (AvgIpc) is 3.05. The maximum atomic E-state index is 11.6. The van der Waals surface area contributed by atoms with E-state index in [1.807, 2.05) is 24.3 Å². The van der Waals surface area contributed by atoms with Gasteiger partial charge in [0.15, 0.2) is 10.9 Å². The van der Waals surface area contributed by atoms with Gasteiger partial charge in [-0.1, -0.05) is 12.1 Å². The number of thiocarbonyl (C=S) groups is 1. The van der Waals surface area contributed by atoms with Gasteiger partial charge in [0, 0.05) is 6.54 Å². The Kier molecular flexibility index (Phi) is 5.16. The minimum atomic E-state index is -0.395. The van der Waals surface area contributed by atoms with E-state index >= 15 is 0 Å². The van der Waals surface area contributed by atoms with E-state index in [1.54, 1.807) is 19.2 Å². The number of rotatable bonds is 4. The Bertz CT molecular complexity index is 596. The third kappa shape index (κ3) is 4.50. The third-order valence-electron chi connectivity index (χ3n) is 2.65. The van der Waals surface area contributed by atoms with Gasteiger partial charge in [0.05, 0.1) is 13.4 Å². The summed E-state index contributed by atoms with van der Waals surface area (Å²) in [6, 6.07) is 10.8. The fourth-order valence-electron chi connectivity index (χ4n) is 1.55. The van der Waals surface area contributed by atoms with Crippen molar-refractivity contribution in [2.45, 2.75) is 6.54 Å². The van der Waals surface area contributed by atoms with Crippen LogP contribution in [0, 0.1) is 0 Å². The smallest absolute Gasteiger partial charge is 0.305 e. The van der Waals surface area contributed by atoms with Gasteiger partial charge in [-0.3, -0.25) is 15.6 Å². The Morgan fingerprint density at radius 1 is 1.24 bits per heavy atom. The van der Waals surface area contributed by atoms with E-state index < -0.39 is 5.91 Å². The molecule has 0 fully saturated rings. The fourth-order valence-corrected chi connectivity index (χ4v) is 1.68. The molecule has 0 aliphatic rings. The van der Waals surface area contributed by atoms with Crippen LogP contribution < -0.4 is 20.9 Å². The van der Waals surface area contributed by atoms with Crippen LogP contribution in [-0.4, -0.2) is 18.1 Å². The number of hydrogen-bond donors (Lipinski definition) is 3. The number of benzene rings is 1. The van der Waals surface area contributed by atoms with Crippen LogP contribution in [0.2, 0.25) is 0 Å². The number of carbonyl (C=O) groups excluding carboxylic acids is 1. The number of carbonyl (C=O) groups is 1. The topological polar surface area (TPSA) is 75.5 Å². The fraction of sp³-hybridized carbons (Fsp3) is 0.143. The standard InChI is InChI=1S/C14H15N3O3S/c1-19-11-6-4-10(5-7-11)9-15-14(21)17-16-13(18)12-3-2-8-20-12/h2-8H,9H2,1H3,(H,16,18)(H2,15,17,21). The van der Waals surface area contributed by atoms with E-state index in [9.17, 15) is 4.79 Å². The van der Waals surface area contributed by atoms with Gasteiger partial charge < -0.3 is 14.5 Å². The number of hydrazine groups is 1. The van der Waals surface area contributed by atoms with Crippen molar-refractivity contribution in [3.05, 3.63) is 54.0 Å². The first-order chi connectivity index (χ1) is 10.2. The summed E-state index contributed by atoms with van der Waals surface area (Å²) < 4.78 is 10.0. The van der Waals surface area contributed by atoms with Gasteiger partial charge in [0.25, 0.3) is 0 Å². The molecule has 1 heterocycles. The third-order valence-corrected chi connectivity index (χ3v) is 2.89. The molecule has 2 rings (SSSR count). The van der Waals surface area contributed by atoms with Gasteiger partial charge in [-0.2, -0.15) is 0 Å². The lowest BCUT2D eigenvalue weighted by molar-refractivity contribution is 0.0916. The van der Waals surface area contributed by atoms with Gasteiger partial charge in [-0.25, -0.2) is 0 Å². The normalized spacial score (nSPS) is 9.76. The van der Waals surface area contributed by atoms with Gasteiger partial charge in [0.2, 0.25) is 0 Å². The molecule has 0 saturated heterocycles. The molecule has 0 bridgehead atoms. The molecule has 0 saturated carbocycles. The minimum Gasteiger partial charge on any atom is -0.497 e. The molecule has 0 spiro atoms. The second kappa shape index (κ2) is 7.30. The summed E-state index contributed by atoms with van der Waals surface area (Å²) >= 11 is 5.06. The Balaban J connectivity index is 1.73. The molecule has 0 unspecified atom stereocenters. The van der Waals surface area contributed by atoms with Gasteiger partial charge in [0.1, 0.15) is 5.75 Å². The molecule has 2 aromatic rings. The van der Waals surface area contributed by atoms with Crippen LogP contribution in [0.3, 0.4) is 0 Å². The van der Waals surface area contributed by atoms with Crippen molar-refractivity contribution in [1.29, 1.82) is 0 Å². The quantitative estimate of drug-likeness (QED) is 0.588. The molecule has 0 aliphatic heterocycles. The molecule has 0 aliphatic carbocycles. The lowest BCUT2D eigenvalue weighted by Gasteiger charge is -2.11. The van der Waals surface area contributed by atoms with E-state index in [-0.39, 0.29) is 5.76 Å². The zero-order chi connectivity index (χ0) is 15.1. The average molecular weight is 305 g/mol. The SMILES string of the molecule is COc1ccc(CNC(=S)NNC(=O)c2ccco2)cc1. The molecule has 1 aromatic heterocycles. The first-order valence-electron chi connectivity index (χ1n) is 6.19. The number of furan rings is 1. The predicted octanol–water partition coefficient (Wildman–Crippen LogP) is 1.60. The zero-order valence-electron chi connectivity index (χ0n) is 11.4. The van der Waals surface area contributed by atoms with Crippen LogP contribution in [0.4, 0.5) is 0 Å². The minimum absolute atomic E-state index is 0.209. The molecule has 110 valence electrons. The van der Waals surface area contributed by atoms with Crippen LogP contribution in [0.15, 0.2) is 47.1 Å². The number of ether oxygens (including phenoxy) is 1. The summed E-state index contributed by atoms with van der Waals surface area (Å²) in [6.07, 6.45) is 1.43.